The maximum Gasteiger partial charge on any atom is 0.330 e. The number of H-pyrrole nitrogens is 1. The molecule has 0 aliphatic heterocycles. The van der Waals surface area contributed by atoms with Crippen molar-refractivity contribution in [3.8, 4) is 0 Å². The van der Waals surface area contributed by atoms with Crippen molar-refractivity contribution in [1.82, 2.24) is 14.9 Å². The summed E-state index contributed by atoms with van der Waals surface area (Å²) in [5, 5.41) is 2.84. The number of amides is 2. The third kappa shape index (κ3) is 7.07. The van der Waals surface area contributed by atoms with Gasteiger partial charge in [0.05, 0.1) is 12.5 Å². The smallest absolute Gasteiger partial charge is 0.330 e. The highest BCUT2D eigenvalue weighted by atomic mass is 16.2. The Morgan fingerprint density at radius 1 is 1.18 bits per heavy atom. The van der Waals surface area contributed by atoms with E-state index >= 15 is 0 Å². The minimum atomic E-state index is -0.696. The van der Waals surface area contributed by atoms with Gasteiger partial charge in [-0.25, -0.2) is 4.79 Å². The average molecular weight is 472 g/mol. The minimum absolute atomic E-state index is 0.0214. The van der Waals surface area contributed by atoms with Crippen LogP contribution in [0.15, 0.2) is 33.9 Å². The Kier molecular flexibility index (Phi) is 9.65. The van der Waals surface area contributed by atoms with Crippen molar-refractivity contribution >= 4 is 23.3 Å². The molecule has 0 spiro atoms. The van der Waals surface area contributed by atoms with Crippen LogP contribution in [-0.2, 0) is 16.1 Å². The van der Waals surface area contributed by atoms with Gasteiger partial charge in [0.2, 0.25) is 11.8 Å². The lowest BCUT2D eigenvalue weighted by Crippen LogP contribution is -2.43. The van der Waals surface area contributed by atoms with Gasteiger partial charge >= 0.3 is 5.69 Å². The zero-order valence-corrected chi connectivity index (χ0v) is 20.8. The van der Waals surface area contributed by atoms with Crippen LogP contribution in [-0.4, -0.2) is 27.9 Å². The zero-order valence-electron chi connectivity index (χ0n) is 20.8. The van der Waals surface area contributed by atoms with Crippen LogP contribution in [0.4, 0.5) is 11.5 Å². The normalized spacial score (nSPS) is 11.9. The van der Waals surface area contributed by atoms with E-state index in [-0.39, 0.29) is 42.2 Å². The van der Waals surface area contributed by atoms with Crippen LogP contribution in [0.2, 0.25) is 0 Å². The van der Waals surface area contributed by atoms with Crippen LogP contribution in [0.3, 0.4) is 0 Å². The molecule has 186 valence electrons. The highest BCUT2D eigenvalue weighted by Crippen LogP contribution is 2.24. The van der Waals surface area contributed by atoms with E-state index < -0.39 is 17.3 Å². The Hall–Kier alpha value is -3.36. The molecule has 0 saturated heterocycles. The highest BCUT2D eigenvalue weighted by molar-refractivity contribution is 5.96. The lowest BCUT2D eigenvalue weighted by Gasteiger charge is -2.27. The van der Waals surface area contributed by atoms with Crippen molar-refractivity contribution in [3.63, 3.8) is 0 Å². The number of nitrogens with one attached hydrogen (secondary N) is 2. The SMILES string of the molecule is CCCCn1c(N)c(N(CCC(C)C)C(=O)CC(NC(C)=O)c2ccc(C)cc2)c(=O)[nH]c1=O. The predicted octanol–water partition coefficient (Wildman–Crippen LogP) is 2.87. The number of aromatic nitrogens is 2. The third-order valence-corrected chi connectivity index (χ3v) is 5.69. The molecule has 1 aromatic carbocycles. The van der Waals surface area contributed by atoms with Gasteiger partial charge in [0.15, 0.2) is 5.69 Å². The van der Waals surface area contributed by atoms with Gasteiger partial charge in [0.1, 0.15) is 5.82 Å². The summed E-state index contributed by atoms with van der Waals surface area (Å²) in [6.07, 6.45) is 2.11. The maximum atomic E-state index is 13.6. The number of nitrogen functional groups attached to an aromatic ring is 1. The Labute approximate surface area is 200 Å². The lowest BCUT2D eigenvalue weighted by molar-refractivity contribution is -0.121. The van der Waals surface area contributed by atoms with Gasteiger partial charge < -0.3 is 16.0 Å². The number of hydrogen-bond acceptors (Lipinski definition) is 5. The molecule has 1 unspecified atom stereocenters. The summed E-state index contributed by atoms with van der Waals surface area (Å²) in [6.45, 7) is 9.98. The second kappa shape index (κ2) is 12.2. The molecule has 0 radical (unpaired) electrons. The molecule has 34 heavy (non-hydrogen) atoms. The summed E-state index contributed by atoms with van der Waals surface area (Å²) in [5.41, 5.74) is 6.83. The molecular weight excluding hydrogens is 434 g/mol. The van der Waals surface area contributed by atoms with Crippen LogP contribution in [0.1, 0.15) is 70.5 Å². The first-order chi connectivity index (χ1) is 16.0. The predicted molar refractivity (Wildman–Crippen MR) is 135 cm³/mol. The number of hydrogen-bond donors (Lipinski definition) is 3. The van der Waals surface area contributed by atoms with E-state index in [0.717, 1.165) is 17.5 Å². The molecule has 0 aliphatic rings. The minimum Gasteiger partial charge on any atom is -0.383 e. The van der Waals surface area contributed by atoms with E-state index in [9.17, 15) is 19.2 Å². The highest BCUT2D eigenvalue weighted by Gasteiger charge is 2.27. The van der Waals surface area contributed by atoms with E-state index in [0.29, 0.717) is 19.4 Å². The van der Waals surface area contributed by atoms with Crippen molar-refractivity contribution in [2.75, 3.05) is 17.2 Å². The Morgan fingerprint density at radius 3 is 2.38 bits per heavy atom. The number of unbranched alkanes of at least 4 members (excludes halogenated alkanes) is 1. The van der Waals surface area contributed by atoms with Crippen molar-refractivity contribution in [2.45, 2.75) is 72.9 Å². The van der Waals surface area contributed by atoms with Gasteiger partial charge in [0, 0.05) is 20.0 Å². The number of carbonyl (C=O) groups is 2. The molecule has 1 atom stereocenters. The molecule has 9 nitrogen and oxygen atoms in total. The summed E-state index contributed by atoms with van der Waals surface area (Å²) in [4.78, 5) is 54.3. The fraction of sp³-hybridized carbons (Fsp3) is 0.520. The molecule has 2 rings (SSSR count). The van der Waals surface area contributed by atoms with Gasteiger partial charge in [-0.1, -0.05) is 57.0 Å². The van der Waals surface area contributed by atoms with Crippen molar-refractivity contribution in [3.05, 3.63) is 56.2 Å². The monoisotopic (exact) mass is 471 g/mol. The molecule has 0 bridgehead atoms. The first-order valence-electron chi connectivity index (χ1n) is 11.8. The van der Waals surface area contributed by atoms with E-state index in [1.807, 2.05) is 52.0 Å². The molecule has 2 amide bonds. The number of anilines is 2. The number of nitrogens with zero attached hydrogens (tertiary/aromatic N) is 2. The summed E-state index contributed by atoms with van der Waals surface area (Å²) >= 11 is 0. The number of benzene rings is 1. The molecule has 9 heteroatoms. The number of aryl methyl sites for hydroxylation is 1. The molecule has 0 aliphatic carbocycles. The van der Waals surface area contributed by atoms with Crippen LogP contribution in [0.5, 0.6) is 0 Å². The van der Waals surface area contributed by atoms with E-state index in [1.54, 1.807) is 0 Å². The van der Waals surface area contributed by atoms with Crippen LogP contribution in [0, 0.1) is 12.8 Å². The molecule has 1 heterocycles. The average Bonchev–Trinajstić information content (AvgIpc) is 2.75. The summed E-state index contributed by atoms with van der Waals surface area (Å²) in [7, 11) is 0. The largest absolute Gasteiger partial charge is 0.383 e. The molecule has 0 saturated carbocycles. The standard InChI is InChI=1S/C25H37N5O4/c1-6-7-13-30-23(26)22(24(33)28-25(30)34)29(14-12-16(2)3)21(32)15-20(27-18(5)31)19-10-8-17(4)9-11-19/h8-11,16,20H,6-7,12-15,26H2,1-5H3,(H,27,31)(H,28,33,34). The number of aromatic amines is 1. The number of nitrogens with two attached hydrogens (primary N) is 1. The van der Waals surface area contributed by atoms with Gasteiger partial charge in [-0.05, 0) is 31.2 Å². The van der Waals surface area contributed by atoms with Gasteiger partial charge in [-0.15, -0.1) is 0 Å². The topological polar surface area (TPSA) is 130 Å². The first-order valence-corrected chi connectivity index (χ1v) is 11.8. The Bertz CT molecular complexity index is 1100. The molecule has 0 fully saturated rings. The second-order valence-corrected chi connectivity index (χ2v) is 9.09. The van der Waals surface area contributed by atoms with E-state index in [1.165, 1.54) is 16.4 Å². The maximum absolute atomic E-state index is 13.6. The Morgan fingerprint density at radius 2 is 1.82 bits per heavy atom. The van der Waals surface area contributed by atoms with E-state index in [2.05, 4.69) is 10.3 Å². The fourth-order valence-electron chi connectivity index (χ4n) is 3.71. The molecular formula is C25H37N5O4. The van der Waals surface area contributed by atoms with Crippen molar-refractivity contribution < 1.29 is 9.59 Å². The first kappa shape index (κ1) is 26.9. The van der Waals surface area contributed by atoms with Gasteiger partial charge in [0.25, 0.3) is 5.56 Å². The lowest BCUT2D eigenvalue weighted by atomic mass is 10.0. The van der Waals surface area contributed by atoms with Gasteiger partial charge in [-0.3, -0.25) is 23.9 Å². The van der Waals surface area contributed by atoms with Crippen molar-refractivity contribution in [1.29, 1.82) is 0 Å². The van der Waals surface area contributed by atoms with Gasteiger partial charge in [-0.2, -0.15) is 0 Å². The third-order valence-electron chi connectivity index (χ3n) is 5.69. The summed E-state index contributed by atoms with van der Waals surface area (Å²) in [6, 6.07) is 7.00. The molecule has 1 aromatic heterocycles. The van der Waals surface area contributed by atoms with Crippen LogP contribution >= 0.6 is 0 Å². The zero-order chi connectivity index (χ0) is 25.4. The van der Waals surface area contributed by atoms with E-state index in [4.69, 9.17) is 5.73 Å². The summed E-state index contributed by atoms with van der Waals surface area (Å²) in [5.74, 6) is -0.383. The second-order valence-electron chi connectivity index (χ2n) is 9.09. The Balaban J connectivity index is 2.50. The van der Waals surface area contributed by atoms with Crippen LogP contribution < -0.4 is 27.2 Å². The molecule has 2 aromatic rings. The van der Waals surface area contributed by atoms with Crippen molar-refractivity contribution in [2.24, 2.45) is 5.92 Å². The fourth-order valence-corrected chi connectivity index (χ4v) is 3.71. The number of rotatable bonds is 11. The quantitative estimate of drug-likeness (QED) is 0.464. The summed E-state index contributed by atoms with van der Waals surface area (Å²) < 4.78 is 1.31. The molecule has 4 N–H and O–H groups in total. The van der Waals surface area contributed by atoms with Crippen LogP contribution in [0.25, 0.3) is 0 Å². The number of carbonyl (C=O) groups excluding carboxylic acids is 2.